The summed E-state index contributed by atoms with van der Waals surface area (Å²) in [6.45, 7) is 10.4. The van der Waals surface area contributed by atoms with Gasteiger partial charge in [0.05, 0.1) is 0 Å². The first-order valence-corrected chi connectivity index (χ1v) is 7.45. The van der Waals surface area contributed by atoms with Crippen molar-refractivity contribution in [1.29, 1.82) is 0 Å². The first-order valence-electron chi connectivity index (χ1n) is 7.45. The lowest BCUT2D eigenvalue weighted by Crippen LogP contribution is -2.07. The minimum Gasteiger partial charge on any atom is -0.378 e. The summed E-state index contributed by atoms with van der Waals surface area (Å²) in [5, 5.41) is 0. The van der Waals surface area contributed by atoms with Crippen LogP contribution in [0.5, 0.6) is 0 Å². The van der Waals surface area contributed by atoms with Crippen LogP contribution in [0.3, 0.4) is 0 Å². The summed E-state index contributed by atoms with van der Waals surface area (Å²) in [4.78, 5) is 2.09. The molecule has 0 spiro atoms. The highest BCUT2D eigenvalue weighted by Crippen LogP contribution is 2.14. The fourth-order valence-electron chi connectivity index (χ4n) is 1.94. The standard InChI is InChI=1S/C19H21N.C2H4/c1-15(2)18-11-7-16(8-12-18)5-6-17-9-13-19(14-10-17)20(3)4;1-2/h7-15H,1-4H3;1-2H2. The molecule has 0 N–H and O–H groups in total. The van der Waals surface area contributed by atoms with E-state index in [1.807, 2.05) is 14.1 Å². The zero-order chi connectivity index (χ0) is 16.5. The molecular formula is C21H25N. The number of anilines is 1. The van der Waals surface area contributed by atoms with Crippen LogP contribution in [0.4, 0.5) is 5.69 Å². The van der Waals surface area contributed by atoms with Gasteiger partial charge in [0, 0.05) is 30.9 Å². The van der Waals surface area contributed by atoms with Gasteiger partial charge in [-0.1, -0.05) is 37.8 Å². The van der Waals surface area contributed by atoms with Crippen LogP contribution in [-0.4, -0.2) is 14.1 Å². The van der Waals surface area contributed by atoms with E-state index in [1.54, 1.807) is 0 Å². The molecule has 0 aliphatic rings. The molecule has 0 aliphatic heterocycles. The average molecular weight is 291 g/mol. The Morgan fingerprint density at radius 3 is 1.55 bits per heavy atom. The van der Waals surface area contributed by atoms with Gasteiger partial charge in [0.25, 0.3) is 0 Å². The molecule has 0 aliphatic carbocycles. The van der Waals surface area contributed by atoms with E-state index in [-0.39, 0.29) is 0 Å². The Hall–Kier alpha value is -2.46. The lowest BCUT2D eigenvalue weighted by atomic mass is 10.0. The Bertz CT molecular complexity index is 567. The average Bonchev–Trinajstić information content (AvgIpc) is 2.55. The third kappa shape index (κ3) is 5.14. The molecule has 2 aromatic rings. The summed E-state index contributed by atoms with van der Waals surface area (Å²) in [5.41, 5.74) is 4.65. The number of rotatable bonds is 2. The topological polar surface area (TPSA) is 3.24 Å². The number of benzene rings is 2. The summed E-state index contributed by atoms with van der Waals surface area (Å²) in [7, 11) is 4.08. The Kier molecular flexibility index (Phi) is 6.99. The highest BCUT2D eigenvalue weighted by Gasteiger charge is 1.97. The predicted octanol–water partition coefficient (Wildman–Crippen LogP) is 5.08. The van der Waals surface area contributed by atoms with Gasteiger partial charge in [-0.25, -0.2) is 0 Å². The second-order valence-corrected chi connectivity index (χ2v) is 5.47. The Labute approximate surface area is 135 Å². The third-order valence-electron chi connectivity index (χ3n) is 3.31. The second-order valence-electron chi connectivity index (χ2n) is 5.47. The van der Waals surface area contributed by atoms with Crippen LogP contribution in [0.25, 0.3) is 0 Å². The highest BCUT2D eigenvalue weighted by atomic mass is 15.1. The van der Waals surface area contributed by atoms with Crippen molar-refractivity contribution in [3.63, 3.8) is 0 Å². The van der Waals surface area contributed by atoms with Crippen LogP contribution in [0.1, 0.15) is 36.5 Å². The third-order valence-corrected chi connectivity index (χ3v) is 3.31. The highest BCUT2D eigenvalue weighted by molar-refractivity contribution is 5.51. The van der Waals surface area contributed by atoms with Gasteiger partial charge in [0.2, 0.25) is 0 Å². The van der Waals surface area contributed by atoms with E-state index in [9.17, 15) is 0 Å². The van der Waals surface area contributed by atoms with Gasteiger partial charge in [-0.15, -0.1) is 13.2 Å². The maximum atomic E-state index is 3.21. The molecule has 2 aromatic carbocycles. The molecule has 22 heavy (non-hydrogen) atoms. The molecule has 0 amide bonds. The predicted molar refractivity (Wildman–Crippen MR) is 98.5 cm³/mol. The van der Waals surface area contributed by atoms with Crippen LogP contribution in [0.15, 0.2) is 61.7 Å². The minimum absolute atomic E-state index is 0.565. The zero-order valence-corrected chi connectivity index (χ0v) is 14.1. The van der Waals surface area contributed by atoms with Gasteiger partial charge in [-0.2, -0.15) is 0 Å². The Balaban J connectivity index is 0.00000116. The van der Waals surface area contributed by atoms with E-state index in [2.05, 4.69) is 92.3 Å². The fourth-order valence-corrected chi connectivity index (χ4v) is 1.94. The van der Waals surface area contributed by atoms with Crippen LogP contribution >= 0.6 is 0 Å². The molecule has 114 valence electrons. The Morgan fingerprint density at radius 2 is 1.18 bits per heavy atom. The fraction of sp³-hybridized carbons (Fsp3) is 0.238. The molecule has 1 nitrogen and oxygen atoms in total. The van der Waals surface area contributed by atoms with Crippen molar-refractivity contribution < 1.29 is 0 Å². The van der Waals surface area contributed by atoms with Crippen LogP contribution < -0.4 is 4.90 Å². The molecule has 2 rings (SSSR count). The van der Waals surface area contributed by atoms with E-state index >= 15 is 0 Å². The van der Waals surface area contributed by atoms with Crippen molar-refractivity contribution in [1.82, 2.24) is 0 Å². The van der Waals surface area contributed by atoms with E-state index in [0.29, 0.717) is 5.92 Å². The van der Waals surface area contributed by atoms with Crippen molar-refractivity contribution in [2.45, 2.75) is 19.8 Å². The first kappa shape index (κ1) is 17.6. The van der Waals surface area contributed by atoms with Crippen LogP contribution in [0, 0.1) is 11.8 Å². The quantitative estimate of drug-likeness (QED) is 0.551. The van der Waals surface area contributed by atoms with Crippen LogP contribution in [0.2, 0.25) is 0 Å². The lowest BCUT2D eigenvalue weighted by Gasteiger charge is -2.11. The maximum absolute atomic E-state index is 3.21. The van der Waals surface area contributed by atoms with Crippen molar-refractivity contribution >= 4 is 5.69 Å². The monoisotopic (exact) mass is 291 g/mol. The molecular weight excluding hydrogens is 266 g/mol. The van der Waals surface area contributed by atoms with Crippen LogP contribution in [-0.2, 0) is 0 Å². The van der Waals surface area contributed by atoms with E-state index in [1.165, 1.54) is 11.3 Å². The van der Waals surface area contributed by atoms with Gasteiger partial charge in [0.15, 0.2) is 0 Å². The maximum Gasteiger partial charge on any atom is 0.0361 e. The molecule has 0 unspecified atom stereocenters. The van der Waals surface area contributed by atoms with E-state index < -0.39 is 0 Å². The zero-order valence-electron chi connectivity index (χ0n) is 14.1. The number of hydrogen-bond donors (Lipinski definition) is 0. The molecule has 0 heterocycles. The van der Waals surface area contributed by atoms with Crippen molar-refractivity contribution in [2.75, 3.05) is 19.0 Å². The first-order chi connectivity index (χ1) is 10.6. The molecule has 1 heteroatoms. The van der Waals surface area contributed by atoms with Gasteiger partial charge < -0.3 is 4.90 Å². The second kappa shape index (κ2) is 8.74. The number of hydrogen-bond acceptors (Lipinski definition) is 1. The normalized spacial score (nSPS) is 9.32. The largest absolute Gasteiger partial charge is 0.378 e. The van der Waals surface area contributed by atoms with Gasteiger partial charge in [-0.3, -0.25) is 0 Å². The summed E-state index contributed by atoms with van der Waals surface area (Å²) >= 11 is 0. The van der Waals surface area contributed by atoms with Gasteiger partial charge in [-0.05, 0) is 47.9 Å². The van der Waals surface area contributed by atoms with Crippen molar-refractivity contribution in [3.8, 4) is 11.8 Å². The minimum atomic E-state index is 0.565. The molecule has 0 saturated carbocycles. The SMILES string of the molecule is C=C.CC(C)c1ccc(C#Cc2ccc(N(C)C)cc2)cc1. The molecule has 0 radical (unpaired) electrons. The Morgan fingerprint density at radius 1 is 0.773 bits per heavy atom. The molecule has 0 fully saturated rings. The van der Waals surface area contributed by atoms with Crippen molar-refractivity contribution in [3.05, 3.63) is 78.4 Å². The van der Waals surface area contributed by atoms with Crippen molar-refractivity contribution in [2.24, 2.45) is 0 Å². The lowest BCUT2D eigenvalue weighted by molar-refractivity contribution is 0.866. The smallest absolute Gasteiger partial charge is 0.0361 e. The summed E-state index contributed by atoms with van der Waals surface area (Å²) in [6, 6.07) is 16.8. The number of nitrogens with zero attached hydrogens (tertiary/aromatic N) is 1. The molecule has 0 saturated heterocycles. The summed E-state index contributed by atoms with van der Waals surface area (Å²) < 4.78 is 0. The van der Waals surface area contributed by atoms with Gasteiger partial charge >= 0.3 is 0 Å². The molecule has 0 atom stereocenters. The van der Waals surface area contributed by atoms with Gasteiger partial charge in [0.1, 0.15) is 0 Å². The summed E-state index contributed by atoms with van der Waals surface area (Å²) in [5.74, 6) is 6.98. The molecule has 0 aromatic heterocycles. The van der Waals surface area contributed by atoms with E-state index in [0.717, 1.165) is 11.1 Å². The molecule has 0 bridgehead atoms. The summed E-state index contributed by atoms with van der Waals surface area (Å²) in [6.07, 6.45) is 0. The van der Waals surface area contributed by atoms with E-state index in [4.69, 9.17) is 0 Å².